The molecule has 72 valence electrons. The lowest BCUT2D eigenvalue weighted by Gasteiger charge is -2.09. The van der Waals surface area contributed by atoms with Gasteiger partial charge in [-0.2, -0.15) is 5.06 Å². The quantitative estimate of drug-likeness (QED) is 0.727. The van der Waals surface area contributed by atoms with E-state index >= 15 is 0 Å². The summed E-state index contributed by atoms with van der Waals surface area (Å²) in [7, 11) is 2.94. The molecule has 0 radical (unpaired) electrons. The first-order valence-electron chi connectivity index (χ1n) is 3.86. The van der Waals surface area contributed by atoms with Crippen LogP contribution in [-0.4, -0.2) is 24.4 Å². The molecule has 0 amide bonds. The Labute approximate surface area is 76.3 Å². The Morgan fingerprint density at radius 2 is 2.23 bits per heavy atom. The van der Waals surface area contributed by atoms with E-state index in [0.29, 0.717) is 11.3 Å². The molecule has 0 heterocycles. The van der Waals surface area contributed by atoms with E-state index in [0.717, 1.165) is 5.06 Å². The van der Waals surface area contributed by atoms with Crippen LogP contribution in [0, 0.1) is 5.82 Å². The average Bonchev–Trinajstić information content (AvgIpc) is 2.08. The zero-order chi connectivity index (χ0) is 9.84. The van der Waals surface area contributed by atoms with Crippen molar-refractivity contribution in [2.75, 3.05) is 14.2 Å². The lowest BCUT2D eigenvalue weighted by molar-refractivity contribution is -0.0738. The van der Waals surface area contributed by atoms with Crippen molar-refractivity contribution >= 4 is 0 Å². The second kappa shape index (κ2) is 4.20. The Morgan fingerprint density at radius 1 is 1.54 bits per heavy atom. The van der Waals surface area contributed by atoms with Crippen LogP contribution >= 0.6 is 0 Å². The lowest BCUT2D eigenvalue weighted by Crippen LogP contribution is -2.12. The minimum Gasteiger partial charge on any atom is -0.497 e. The van der Waals surface area contributed by atoms with Gasteiger partial charge in [-0.25, -0.2) is 4.39 Å². The number of hydrogen-bond acceptors (Lipinski definition) is 3. The van der Waals surface area contributed by atoms with Crippen molar-refractivity contribution in [1.29, 1.82) is 0 Å². The van der Waals surface area contributed by atoms with Crippen molar-refractivity contribution in [3.05, 3.63) is 29.6 Å². The minimum absolute atomic E-state index is 0.163. The largest absolute Gasteiger partial charge is 0.497 e. The smallest absolute Gasteiger partial charge is 0.131 e. The molecule has 0 spiro atoms. The maximum absolute atomic E-state index is 13.2. The number of methoxy groups -OCH3 is 1. The molecule has 0 bridgehead atoms. The summed E-state index contributed by atoms with van der Waals surface area (Å²) in [6.07, 6.45) is 0. The Kier molecular flexibility index (Phi) is 3.22. The molecule has 13 heavy (non-hydrogen) atoms. The molecule has 1 rings (SSSR count). The van der Waals surface area contributed by atoms with Gasteiger partial charge in [-0.3, -0.25) is 0 Å². The Bertz CT molecular complexity index is 289. The highest BCUT2D eigenvalue weighted by Gasteiger charge is 2.04. The van der Waals surface area contributed by atoms with Gasteiger partial charge in [0.15, 0.2) is 0 Å². The first-order chi connectivity index (χ1) is 6.13. The van der Waals surface area contributed by atoms with Gasteiger partial charge < -0.3 is 9.94 Å². The van der Waals surface area contributed by atoms with Crippen molar-refractivity contribution in [1.82, 2.24) is 5.06 Å². The van der Waals surface area contributed by atoms with Gasteiger partial charge in [0.05, 0.1) is 13.7 Å². The van der Waals surface area contributed by atoms with Gasteiger partial charge in [0.1, 0.15) is 11.6 Å². The molecule has 0 aromatic heterocycles. The summed E-state index contributed by atoms with van der Waals surface area (Å²) in [5, 5.41) is 9.81. The third kappa shape index (κ3) is 2.68. The monoisotopic (exact) mass is 185 g/mol. The van der Waals surface area contributed by atoms with Gasteiger partial charge in [0, 0.05) is 18.7 Å². The average molecular weight is 185 g/mol. The van der Waals surface area contributed by atoms with Gasteiger partial charge in [-0.15, -0.1) is 0 Å². The zero-order valence-electron chi connectivity index (χ0n) is 7.62. The summed E-state index contributed by atoms with van der Waals surface area (Å²) in [6, 6.07) is 4.53. The molecule has 0 fully saturated rings. The zero-order valence-corrected chi connectivity index (χ0v) is 7.62. The number of rotatable bonds is 3. The highest BCUT2D eigenvalue weighted by Crippen LogP contribution is 2.16. The van der Waals surface area contributed by atoms with Crippen LogP contribution in [0.15, 0.2) is 18.2 Å². The fraction of sp³-hybridized carbons (Fsp3) is 0.333. The van der Waals surface area contributed by atoms with Crippen LogP contribution < -0.4 is 4.74 Å². The molecule has 0 atom stereocenters. The molecule has 0 aliphatic carbocycles. The van der Waals surface area contributed by atoms with Gasteiger partial charge in [-0.1, -0.05) is 6.07 Å². The van der Waals surface area contributed by atoms with Gasteiger partial charge in [0.25, 0.3) is 0 Å². The van der Waals surface area contributed by atoms with Crippen molar-refractivity contribution in [3.63, 3.8) is 0 Å². The van der Waals surface area contributed by atoms with Crippen LogP contribution in [0.2, 0.25) is 0 Å². The number of hydrogen-bond donors (Lipinski definition) is 1. The van der Waals surface area contributed by atoms with Gasteiger partial charge in [-0.05, 0) is 6.07 Å². The Morgan fingerprint density at radius 3 is 2.69 bits per heavy atom. The highest BCUT2D eigenvalue weighted by atomic mass is 19.1. The summed E-state index contributed by atoms with van der Waals surface area (Å²) in [4.78, 5) is 0. The van der Waals surface area contributed by atoms with Crippen LogP contribution in [0.4, 0.5) is 4.39 Å². The first kappa shape index (κ1) is 9.95. The number of nitrogens with zero attached hydrogens (tertiary/aromatic N) is 1. The normalized spacial score (nSPS) is 10.5. The standard InChI is InChI=1S/C9H12FNO2/c1-11(12)6-7-3-4-8(13-2)5-9(7)10/h3-5,12H,6H2,1-2H3. The third-order valence-electron chi connectivity index (χ3n) is 1.66. The predicted molar refractivity (Wildman–Crippen MR) is 46.2 cm³/mol. The van der Waals surface area contributed by atoms with E-state index < -0.39 is 0 Å². The van der Waals surface area contributed by atoms with E-state index in [2.05, 4.69) is 0 Å². The Balaban J connectivity index is 2.85. The predicted octanol–water partition coefficient (Wildman–Crippen LogP) is 1.66. The Hall–Kier alpha value is -1.13. The van der Waals surface area contributed by atoms with Crippen LogP contribution in [0.5, 0.6) is 5.75 Å². The van der Waals surface area contributed by atoms with Crippen LogP contribution in [-0.2, 0) is 6.54 Å². The lowest BCUT2D eigenvalue weighted by atomic mass is 10.2. The van der Waals surface area contributed by atoms with Crippen LogP contribution in [0.1, 0.15) is 5.56 Å². The molecule has 1 N–H and O–H groups in total. The molecule has 0 unspecified atom stereocenters. The first-order valence-corrected chi connectivity index (χ1v) is 3.86. The van der Waals surface area contributed by atoms with Gasteiger partial charge >= 0.3 is 0 Å². The molecule has 0 saturated heterocycles. The number of halogens is 1. The molecule has 0 aliphatic rings. The van der Waals surface area contributed by atoms with Crippen molar-refractivity contribution in [2.45, 2.75) is 6.54 Å². The molecule has 1 aromatic rings. The maximum Gasteiger partial charge on any atom is 0.131 e. The third-order valence-corrected chi connectivity index (χ3v) is 1.66. The van der Waals surface area contributed by atoms with Crippen molar-refractivity contribution < 1.29 is 14.3 Å². The molecule has 1 aromatic carbocycles. The molecule has 0 aliphatic heterocycles. The second-order valence-corrected chi connectivity index (χ2v) is 2.77. The summed E-state index contributed by atoms with van der Waals surface area (Å²) in [5.41, 5.74) is 0.436. The molecule has 4 heteroatoms. The highest BCUT2D eigenvalue weighted by molar-refractivity contribution is 5.28. The van der Waals surface area contributed by atoms with E-state index in [-0.39, 0.29) is 12.4 Å². The minimum atomic E-state index is -0.375. The topological polar surface area (TPSA) is 32.7 Å². The van der Waals surface area contributed by atoms with E-state index in [4.69, 9.17) is 9.94 Å². The van der Waals surface area contributed by atoms with Crippen LogP contribution in [0.3, 0.4) is 0 Å². The van der Waals surface area contributed by atoms with Crippen molar-refractivity contribution in [2.24, 2.45) is 0 Å². The fourth-order valence-electron chi connectivity index (χ4n) is 1.03. The van der Waals surface area contributed by atoms with E-state index in [1.54, 1.807) is 12.1 Å². The summed E-state index contributed by atoms with van der Waals surface area (Å²) in [6.45, 7) is 0.163. The summed E-state index contributed by atoms with van der Waals surface area (Å²) < 4.78 is 18.0. The van der Waals surface area contributed by atoms with E-state index in [9.17, 15) is 4.39 Å². The number of hydroxylamine groups is 2. The van der Waals surface area contributed by atoms with Crippen LogP contribution in [0.25, 0.3) is 0 Å². The molecular weight excluding hydrogens is 173 g/mol. The molecular formula is C9H12FNO2. The molecule has 3 nitrogen and oxygen atoms in total. The summed E-state index contributed by atoms with van der Waals surface area (Å²) in [5.74, 6) is 0.0992. The number of ether oxygens (including phenoxy) is 1. The SMILES string of the molecule is COc1ccc(CN(C)O)c(F)c1. The van der Waals surface area contributed by atoms with E-state index in [1.807, 2.05) is 0 Å². The van der Waals surface area contributed by atoms with Gasteiger partial charge in [0.2, 0.25) is 0 Å². The van der Waals surface area contributed by atoms with E-state index in [1.165, 1.54) is 20.2 Å². The fourth-order valence-corrected chi connectivity index (χ4v) is 1.03. The maximum atomic E-state index is 13.2. The summed E-state index contributed by atoms with van der Waals surface area (Å²) >= 11 is 0. The van der Waals surface area contributed by atoms with Crippen molar-refractivity contribution in [3.8, 4) is 5.75 Å². The second-order valence-electron chi connectivity index (χ2n) is 2.77. The molecule has 0 saturated carbocycles. The number of benzene rings is 1.